The molecular weight excluding hydrogens is 674 g/mol. The van der Waals surface area contributed by atoms with Crippen molar-refractivity contribution < 1.29 is 70.6 Å². The van der Waals surface area contributed by atoms with E-state index in [1.807, 2.05) is 45.0 Å². The van der Waals surface area contributed by atoms with Crippen LogP contribution in [0.4, 0.5) is 37.7 Å². The van der Waals surface area contributed by atoms with Crippen LogP contribution in [0.15, 0.2) is 36.5 Å². The van der Waals surface area contributed by atoms with Gasteiger partial charge in [0.1, 0.15) is 0 Å². The Labute approximate surface area is 275 Å². The van der Waals surface area contributed by atoms with Crippen LogP contribution in [-0.4, -0.2) is 88.1 Å². The zero-order valence-electron chi connectivity index (χ0n) is 26.4. The Morgan fingerprint density at radius 2 is 1.47 bits per heavy atom. The molecule has 272 valence electrons. The predicted octanol–water partition coefficient (Wildman–Crippen LogP) is 4.15. The van der Waals surface area contributed by atoms with Gasteiger partial charge in [-0.2, -0.15) is 26.3 Å². The highest BCUT2D eigenvalue weighted by molar-refractivity contribution is 6.08. The van der Waals surface area contributed by atoms with Crippen LogP contribution in [0.5, 0.6) is 11.5 Å². The van der Waals surface area contributed by atoms with Crippen LogP contribution < -0.4 is 25.8 Å². The average molecular weight is 711 g/mol. The number of alkyl halides is 6. The highest BCUT2D eigenvalue weighted by Gasteiger charge is 2.38. The molecular formula is C30H36F6N4O9. The van der Waals surface area contributed by atoms with Crippen LogP contribution in [0.25, 0.3) is 10.9 Å². The number of amides is 1. The molecule has 1 unspecified atom stereocenters. The second kappa shape index (κ2) is 19.2. The van der Waals surface area contributed by atoms with Gasteiger partial charge in [0.15, 0.2) is 11.5 Å². The van der Waals surface area contributed by atoms with Crippen molar-refractivity contribution in [2.75, 3.05) is 31.7 Å². The fraction of sp³-hybridized carbons (Fsp3) is 0.400. The van der Waals surface area contributed by atoms with Crippen molar-refractivity contribution in [3.8, 4) is 11.5 Å². The third-order valence-corrected chi connectivity index (χ3v) is 6.08. The van der Waals surface area contributed by atoms with Crippen molar-refractivity contribution in [1.29, 1.82) is 0 Å². The number of carboxylic acids is 2. The lowest BCUT2D eigenvalue weighted by Gasteiger charge is -2.20. The monoisotopic (exact) mass is 710 g/mol. The van der Waals surface area contributed by atoms with E-state index in [1.54, 1.807) is 6.07 Å². The summed E-state index contributed by atoms with van der Waals surface area (Å²) in [7, 11) is 0. The van der Waals surface area contributed by atoms with Crippen LogP contribution in [0.3, 0.4) is 0 Å². The molecule has 1 amide bonds. The Bertz CT molecular complexity index is 1550. The third-order valence-electron chi connectivity index (χ3n) is 6.08. The van der Waals surface area contributed by atoms with Crippen molar-refractivity contribution in [3.05, 3.63) is 53.2 Å². The number of carbonyl (C=O) groups is 3. The van der Waals surface area contributed by atoms with E-state index in [2.05, 4.69) is 15.6 Å². The summed E-state index contributed by atoms with van der Waals surface area (Å²) in [6.07, 6.45) is -8.78. The Morgan fingerprint density at radius 1 is 0.939 bits per heavy atom. The van der Waals surface area contributed by atoms with Gasteiger partial charge in [0.2, 0.25) is 0 Å². The van der Waals surface area contributed by atoms with E-state index in [-0.39, 0.29) is 18.7 Å². The largest absolute Gasteiger partial charge is 0.490 e. The fourth-order valence-corrected chi connectivity index (χ4v) is 3.97. The Morgan fingerprint density at radius 3 is 1.92 bits per heavy atom. The topological polar surface area (TPSA) is 214 Å². The van der Waals surface area contributed by atoms with E-state index in [0.717, 1.165) is 23.2 Å². The summed E-state index contributed by atoms with van der Waals surface area (Å²) < 4.78 is 75.0. The lowest BCUT2D eigenvalue weighted by molar-refractivity contribution is -0.193. The number of hydrogen-bond acceptors (Lipinski definition) is 10. The maximum Gasteiger partial charge on any atom is 0.490 e. The maximum atomic E-state index is 12.3. The lowest BCUT2D eigenvalue weighted by Crippen LogP contribution is -2.29. The van der Waals surface area contributed by atoms with Crippen LogP contribution >= 0.6 is 0 Å². The van der Waals surface area contributed by atoms with Crippen molar-refractivity contribution in [2.45, 2.75) is 52.2 Å². The number of nitrogens with zero attached hydrogens (tertiary/aromatic N) is 1. The molecule has 19 heteroatoms. The van der Waals surface area contributed by atoms with Crippen LogP contribution in [0, 0.1) is 0 Å². The summed E-state index contributed by atoms with van der Waals surface area (Å²) in [6.45, 7) is 7.27. The number of carbonyl (C=O) groups excluding carboxylic acids is 1. The average Bonchev–Trinajstić information content (AvgIpc) is 3.01. The molecule has 3 rings (SSSR count). The normalized spacial score (nSPS) is 11.7. The number of hydrogen-bond donors (Lipinski definition) is 7. The first-order valence-corrected chi connectivity index (χ1v) is 14.3. The molecule has 49 heavy (non-hydrogen) atoms. The molecule has 2 aromatic carbocycles. The summed E-state index contributed by atoms with van der Waals surface area (Å²) in [6, 6.07) is 9.49. The minimum atomic E-state index is -5.08. The van der Waals surface area contributed by atoms with Gasteiger partial charge in [-0.1, -0.05) is 19.1 Å². The number of halogens is 6. The van der Waals surface area contributed by atoms with Gasteiger partial charge in [-0.3, -0.25) is 9.78 Å². The van der Waals surface area contributed by atoms with Gasteiger partial charge in [-0.25, -0.2) is 9.59 Å². The summed E-state index contributed by atoms with van der Waals surface area (Å²) >= 11 is 0. The van der Waals surface area contributed by atoms with Gasteiger partial charge in [-0.05, 0) is 43.5 Å². The van der Waals surface area contributed by atoms with E-state index in [1.165, 1.54) is 6.20 Å². The SMILES string of the molecule is CCOc1cc2ncc(C(N)=O)c(Nc3cccc(CNCC(O)CO)c3CC)c2cc1OCC.O=C(O)C(F)(F)F.O=C(O)C(F)(F)F. The lowest BCUT2D eigenvalue weighted by atomic mass is 10.0. The molecule has 13 nitrogen and oxygen atoms in total. The number of rotatable bonds is 13. The van der Waals surface area contributed by atoms with Gasteiger partial charge in [0, 0.05) is 36.4 Å². The standard InChI is InChI=1S/C26H34N4O5.2C2HF3O2/c1-4-18-16(12-28-13-17(32)15-31)8-7-9-21(18)30-25-19-10-23(34-5-2)24(35-6-3)11-22(19)29-14-20(25)26(27)33;2*3-2(4,5)1(6)7/h7-11,14,17,28,31-32H,4-6,12-13,15H2,1-3H3,(H2,27,33)(H,29,30);2*(H,6,7). The first-order chi connectivity index (χ1) is 22.8. The molecule has 0 aliphatic rings. The molecule has 0 aliphatic carbocycles. The number of pyridine rings is 1. The number of primary amides is 1. The zero-order chi connectivity index (χ0) is 37.5. The molecule has 0 fully saturated rings. The number of aliphatic carboxylic acids is 2. The van der Waals surface area contributed by atoms with Crippen molar-refractivity contribution >= 4 is 40.1 Å². The number of aromatic nitrogens is 1. The summed E-state index contributed by atoms with van der Waals surface area (Å²) in [5, 5.41) is 40.2. The number of ether oxygens (including phenoxy) is 2. The number of aliphatic hydroxyl groups is 2. The quantitative estimate of drug-likeness (QED) is 0.125. The highest BCUT2D eigenvalue weighted by Crippen LogP contribution is 2.38. The van der Waals surface area contributed by atoms with Gasteiger partial charge < -0.3 is 46.3 Å². The molecule has 0 radical (unpaired) electrons. The van der Waals surface area contributed by atoms with Crippen LogP contribution in [0.1, 0.15) is 42.3 Å². The molecule has 0 aliphatic heterocycles. The highest BCUT2D eigenvalue weighted by atomic mass is 19.4. The summed E-state index contributed by atoms with van der Waals surface area (Å²) in [5.41, 5.74) is 10.1. The fourth-order valence-electron chi connectivity index (χ4n) is 3.97. The predicted molar refractivity (Wildman–Crippen MR) is 164 cm³/mol. The molecule has 1 aromatic heterocycles. The first-order valence-electron chi connectivity index (χ1n) is 14.3. The Balaban J connectivity index is 0.000000717. The van der Waals surface area contributed by atoms with Crippen LogP contribution in [0.2, 0.25) is 0 Å². The molecule has 1 heterocycles. The number of benzene rings is 2. The Kier molecular flexibility index (Phi) is 16.5. The number of anilines is 2. The van der Waals surface area contributed by atoms with E-state index < -0.39 is 36.3 Å². The molecule has 1 atom stereocenters. The number of nitrogens with one attached hydrogen (secondary N) is 2. The van der Waals surface area contributed by atoms with E-state index in [0.29, 0.717) is 47.8 Å². The first kappa shape index (κ1) is 42.1. The van der Waals surface area contributed by atoms with Crippen molar-refractivity contribution in [2.24, 2.45) is 5.73 Å². The molecule has 8 N–H and O–H groups in total. The van der Waals surface area contributed by atoms with E-state index >= 15 is 0 Å². The van der Waals surface area contributed by atoms with Gasteiger partial charge in [0.05, 0.1) is 42.7 Å². The molecule has 0 saturated heterocycles. The number of nitrogens with two attached hydrogens (primary N) is 1. The third kappa shape index (κ3) is 13.3. The second-order valence-corrected chi connectivity index (χ2v) is 9.59. The molecule has 0 bridgehead atoms. The van der Waals surface area contributed by atoms with Gasteiger partial charge in [-0.15, -0.1) is 0 Å². The minimum absolute atomic E-state index is 0.265. The second-order valence-electron chi connectivity index (χ2n) is 9.59. The maximum absolute atomic E-state index is 12.3. The number of aliphatic hydroxyl groups excluding tert-OH is 2. The van der Waals surface area contributed by atoms with Gasteiger partial charge in [0.25, 0.3) is 5.91 Å². The summed E-state index contributed by atoms with van der Waals surface area (Å²) in [5.74, 6) is -4.97. The van der Waals surface area contributed by atoms with E-state index in [9.17, 15) is 36.2 Å². The molecule has 0 spiro atoms. The van der Waals surface area contributed by atoms with E-state index in [4.69, 9.17) is 40.1 Å². The smallest absolute Gasteiger partial charge is 0.490 e. The molecule has 3 aromatic rings. The summed E-state index contributed by atoms with van der Waals surface area (Å²) in [4.78, 5) is 34.6. The van der Waals surface area contributed by atoms with Crippen molar-refractivity contribution in [3.63, 3.8) is 0 Å². The Hall–Kier alpha value is -4.88. The molecule has 0 saturated carbocycles. The number of carboxylic acid groups (broad SMARTS) is 2. The van der Waals surface area contributed by atoms with Crippen LogP contribution in [-0.2, 0) is 22.6 Å². The minimum Gasteiger partial charge on any atom is -0.490 e. The van der Waals surface area contributed by atoms with Crippen molar-refractivity contribution in [1.82, 2.24) is 10.3 Å². The zero-order valence-corrected chi connectivity index (χ0v) is 26.4. The van der Waals surface area contributed by atoms with Gasteiger partial charge >= 0.3 is 24.3 Å². The number of fused-ring (bicyclic) bond motifs is 1.